The Morgan fingerprint density at radius 3 is 1.96 bits per heavy atom. The number of carbonyl (C=O) groups is 2. The molecule has 5 rings (SSSR count). The van der Waals surface area contributed by atoms with Gasteiger partial charge in [0, 0.05) is 32.0 Å². The van der Waals surface area contributed by atoms with Crippen molar-refractivity contribution in [3.8, 4) is 11.5 Å². The monoisotopic (exact) mass is 688 g/mol. The summed E-state index contributed by atoms with van der Waals surface area (Å²) in [6.45, 7) is 1.98. The zero-order valence-corrected chi connectivity index (χ0v) is 28.1. The third-order valence-electron chi connectivity index (χ3n) is 8.60. The number of benzene rings is 3. The smallest absolute Gasteiger partial charge is 0.330 e. The van der Waals surface area contributed by atoms with Gasteiger partial charge < -0.3 is 33.5 Å². The highest BCUT2D eigenvalue weighted by Crippen LogP contribution is 2.44. The topological polar surface area (TPSA) is 165 Å². The summed E-state index contributed by atoms with van der Waals surface area (Å²) in [5, 5.41) is 11.9. The number of nitrogens with zero attached hydrogens (tertiary/aromatic N) is 1. The van der Waals surface area contributed by atoms with Gasteiger partial charge in [0.25, 0.3) is 5.56 Å². The maximum atomic E-state index is 13.0. The van der Waals surface area contributed by atoms with Crippen molar-refractivity contribution in [2.45, 2.75) is 50.4 Å². The molecule has 1 aromatic heterocycles. The van der Waals surface area contributed by atoms with Crippen LogP contribution in [0, 0.1) is 5.92 Å². The summed E-state index contributed by atoms with van der Waals surface area (Å²) in [4.78, 5) is 50.7. The maximum absolute atomic E-state index is 13.0. The summed E-state index contributed by atoms with van der Waals surface area (Å²) in [5.41, 5.74) is -0.322. The number of hydrogen-bond acceptors (Lipinski definition) is 11. The van der Waals surface area contributed by atoms with Crippen molar-refractivity contribution in [1.29, 1.82) is 0 Å². The molecule has 2 N–H and O–H groups in total. The summed E-state index contributed by atoms with van der Waals surface area (Å²) in [7, 11) is 3.16. The molecule has 13 nitrogen and oxygen atoms in total. The molecule has 2 heterocycles. The van der Waals surface area contributed by atoms with Crippen molar-refractivity contribution in [2.75, 3.05) is 27.4 Å². The molecule has 0 bridgehead atoms. The number of nitrogens with one attached hydrogen (secondary N) is 1. The predicted molar refractivity (Wildman–Crippen MR) is 180 cm³/mol. The minimum absolute atomic E-state index is 0.0540. The molecule has 3 aromatic carbocycles. The molecule has 1 aliphatic heterocycles. The van der Waals surface area contributed by atoms with Gasteiger partial charge >= 0.3 is 17.6 Å². The van der Waals surface area contributed by atoms with E-state index >= 15 is 0 Å². The van der Waals surface area contributed by atoms with E-state index in [0.717, 1.165) is 27.3 Å². The molecule has 0 saturated carbocycles. The number of aliphatic hydroxyl groups is 1. The molecule has 50 heavy (non-hydrogen) atoms. The highest BCUT2D eigenvalue weighted by atomic mass is 16.6. The molecule has 1 aliphatic rings. The van der Waals surface area contributed by atoms with Crippen LogP contribution in [0.1, 0.15) is 43.2 Å². The van der Waals surface area contributed by atoms with Crippen molar-refractivity contribution >= 4 is 11.9 Å². The van der Waals surface area contributed by atoms with E-state index in [-0.39, 0.29) is 19.6 Å². The predicted octanol–water partition coefficient (Wildman–Crippen LogP) is 3.32. The van der Waals surface area contributed by atoms with E-state index in [4.69, 9.17) is 28.4 Å². The van der Waals surface area contributed by atoms with Crippen LogP contribution in [0.15, 0.2) is 101 Å². The zero-order chi connectivity index (χ0) is 35.8. The van der Waals surface area contributed by atoms with Crippen molar-refractivity contribution in [2.24, 2.45) is 5.92 Å². The number of aliphatic hydroxyl groups excluding tert-OH is 1. The van der Waals surface area contributed by atoms with Crippen LogP contribution in [0.3, 0.4) is 0 Å². The molecule has 5 atom stereocenters. The van der Waals surface area contributed by atoms with Crippen molar-refractivity contribution in [3.63, 3.8) is 0 Å². The number of methoxy groups -OCH3 is 2. The van der Waals surface area contributed by atoms with E-state index < -0.39 is 59.2 Å². The van der Waals surface area contributed by atoms with E-state index in [1.807, 2.05) is 78.9 Å². The Balaban J connectivity index is 1.56. The van der Waals surface area contributed by atoms with Gasteiger partial charge in [-0.05, 0) is 47.4 Å². The lowest BCUT2D eigenvalue weighted by Gasteiger charge is -2.37. The minimum Gasteiger partial charge on any atom is -0.497 e. The van der Waals surface area contributed by atoms with E-state index in [1.54, 1.807) is 14.2 Å². The van der Waals surface area contributed by atoms with Crippen LogP contribution in [-0.2, 0) is 34.1 Å². The first-order valence-corrected chi connectivity index (χ1v) is 16.0. The molecule has 1 saturated heterocycles. The van der Waals surface area contributed by atoms with Gasteiger partial charge in [-0.2, -0.15) is 0 Å². The fourth-order valence-electron chi connectivity index (χ4n) is 6.28. The number of ether oxygens (including phenoxy) is 6. The van der Waals surface area contributed by atoms with Crippen LogP contribution in [0.5, 0.6) is 11.5 Å². The highest BCUT2D eigenvalue weighted by molar-refractivity contribution is 5.67. The number of hydrogen-bond donors (Lipinski definition) is 2. The molecule has 1 unspecified atom stereocenters. The number of carbonyl (C=O) groups excluding carboxylic acids is 2. The van der Waals surface area contributed by atoms with E-state index in [1.165, 1.54) is 20.0 Å². The molecule has 0 aliphatic carbocycles. The van der Waals surface area contributed by atoms with Crippen LogP contribution >= 0.6 is 0 Å². The largest absolute Gasteiger partial charge is 0.497 e. The van der Waals surface area contributed by atoms with Gasteiger partial charge in [0.05, 0.1) is 26.9 Å². The summed E-state index contributed by atoms with van der Waals surface area (Å²) < 4.78 is 35.9. The molecule has 13 heteroatoms. The van der Waals surface area contributed by atoms with Gasteiger partial charge in [-0.1, -0.05) is 54.6 Å². The van der Waals surface area contributed by atoms with Crippen LogP contribution in [0.4, 0.5) is 0 Å². The third kappa shape index (κ3) is 7.96. The summed E-state index contributed by atoms with van der Waals surface area (Å²) in [6.07, 6.45) is -3.16. The Morgan fingerprint density at radius 1 is 0.860 bits per heavy atom. The molecule has 1 fully saturated rings. The molecule has 4 aromatic rings. The quantitative estimate of drug-likeness (QED) is 0.148. The Hall–Kier alpha value is -5.24. The number of aromatic nitrogens is 2. The van der Waals surface area contributed by atoms with E-state index in [2.05, 4.69) is 4.98 Å². The second-order valence-electron chi connectivity index (χ2n) is 11.8. The Kier molecular flexibility index (Phi) is 11.5. The van der Waals surface area contributed by atoms with E-state index in [9.17, 15) is 24.3 Å². The SMILES string of the molecule is COc1ccc(C(OC[C@H]2O[C@@H](n3ccc(=O)[nH]c3=O)[C@H](CC(COC(C)=O)OC(C)=O)[C@@H]2O)(c2ccccc2)c2ccc(OC)cc2)cc1. The van der Waals surface area contributed by atoms with E-state index in [0.29, 0.717) is 11.5 Å². The van der Waals surface area contributed by atoms with Gasteiger partial charge in [0.2, 0.25) is 0 Å². The van der Waals surface area contributed by atoms with Gasteiger partial charge in [0.15, 0.2) is 0 Å². The van der Waals surface area contributed by atoms with Crippen LogP contribution in [-0.4, -0.2) is 72.3 Å². The van der Waals surface area contributed by atoms with Crippen LogP contribution < -0.4 is 20.7 Å². The first-order chi connectivity index (χ1) is 24.0. The third-order valence-corrected chi connectivity index (χ3v) is 8.60. The van der Waals surface area contributed by atoms with Gasteiger partial charge in [-0.15, -0.1) is 0 Å². The maximum Gasteiger partial charge on any atom is 0.330 e. The standard InChI is InChI=1S/C37H40N2O11/c1-23(40)47-21-30(49-24(2)41)20-31-34(43)32(50-35(31)39-19-18-33(42)38-36(39)44)22-48-37(25-8-6-5-7-9-25,26-10-14-28(45-3)15-11-26)27-12-16-29(46-4)17-13-27/h5-19,30-32,34-35,43H,20-22H2,1-4H3,(H,38,42,44)/t30?,31-,32-,34+,35-/m1/s1. The first-order valence-electron chi connectivity index (χ1n) is 16.0. The minimum atomic E-state index is -1.27. The average Bonchev–Trinajstić information content (AvgIpc) is 3.41. The molecular formula is C37H40N2O11. The van der Waals surface area contributed by atoms with Gasteiger partial charge in [0.1, 0.15) is 42.1 Å². The van der Waals surface area contributed by atoms with Crippen LogP contribution in [0.25, 0.3) is 0 Å². The molecule has 0 amide bonds. The number of H-pyrrole nitrogens is 1. The summed E-state index contributed by atoms with van der Waals surface area (Å²) in [6, 6.07) is 25.6. The van der Waals surface area contributed by atoms with Gasteiger partial charge in [-0.25, -0.2) is 4.79 Å². The first kappa shape index (κ1) is 36.1. The Morgan fingerprint density at radius 2 is 1.44 bits per heavy atom. The average molecular weight is 689 g/mol. The van der Waals surface area contributed by atoms with Crippen LogP contribution in [0.2, 0.25) is 0 Å². The lowest BCUT2D eigenvalue weighted by Crippen LogP contribution is -2.39. The highest BCUT2D eigenvalue weighted by Gasteiger charge is 2.48. The molecular weight excluding hydrogens is 648 g/mol. The lowest BCUT2D eigenvalue weighted by atomic mass is 9.80. The normalized spacial score (nSPS) is 19.4. The summed E-state index contributed by atoms with van der Waals surface area (Å²) >= 11 is 0. The molecule has 264 valence electrons. The number of esters is 2. The van der Waals surface area contributed by atoms with Crippen molar-refractivity contribution < 1.29 is 43.1 Å². The Bertz CT molecular complexity index is 1810. The fraction of sp³-hybridized carbons (Fsp3) is 0.351. The van der Waals surface area contributed by atoms with Crippen molar-refractivity contribution in [3.05, 3.63) is 129 Å². The fourth-order valence-corrected chi connectivity index (χ4v) is 6.28. The lowest BCUT2D eigenvalue weighted by molar-refractivity contribution is -0.158. The van der Waals surface area contributed by atoms with Gasteiger partial charge in [-0.3, -0.25) is 23.9 Å². The Labute approximate surface area is 288 Å². The second kappa shape index (κ2) is 16.0. The van der Waals surface area contributed by atoms with Crippen molar-refractivity contribution in [1.82, 2.24) is 9.55 Å². The summed E-state index contributed by atoms with van der Waals surface area (Å²) in [5.74, 6) is -0.791. The number of rotatable bonds is 14. The zero-order valence-electron chi connectivity index (χ0n) is 28.1. The second-order valence-corrected chi connectivity index (χ2v) is 11.8. The number of aromatic amines is 1. The molecule has 0 spiro atoms. The molecule has 0 radical (unpaired) electrons.